The predicted molar refractivity (Wildman–Crippen MR) is 102 cm³/mol. The number of benzene rings is 2. The fourth-order valence-electron chi connectivity index (χ4n) is 3.51. The van der Waals surface area contributed by atoms with Crippen LogP contribution in [0.25, 0.3) is 0 Å². The molecular formula is C21H22N2O6. The van der Waals surface area contributed by atoms with E-state index in [4.69, 9.17) is 19.9 Å². The van der Waals surface area contributed by atoms with E-state index in [2.05, 4.69) is 0 Å². The third kappa shape index (κ3) is 3.90. The molecule has 2 heterocycles. The molecule has 0 aromatic heterocycles. The maximum atomic E-state index is 12.9. The lowest BCUT2D eigenvalue weighted by molar-refractivity contribution is -0.133. The number of hydrogen-bond donors (Lipinski definition) is 2. The number of hydrogen-bond acceptors (Lipinski definition) is 7. The van der Waals surface area contributed by atoms with Gasteiger partial charge in [-0.3, -0.25) is 4.79 Å². The summed E-state index contributed by atoms with van der Waals surface area (Å²) in [4.78, 5) is 26.1. The second-order valence-corrected chi connectivity index (χ2v) is 7.00. The molecule has 1 fully saturated rings. The molecule has 2 aliphatic heterocycles. The molecule has 3 atom stereocenters. The topological polar surface area (TPSA) is 111 Å². The summed E-state index contributed by atoms with van der Waals surface area (Å²) in [5, 5.41) is 10.7. The van der Waals surface area contributed by atoms with Gasteiger partial charge in [-0.1, -0.05) is 36.4 Å². The molecule has 8 heteroatoms. The van der Waals surface area contributed by atoms with E-state index in [9.17, 15) is 14.7 Å². The Morgan fingerprint density at radius 1 is 1.10 bits per heavy atom. The van der Waals surface area contributed by atoms with Crippen molar-refractivity contribution in [1.29, 1.82) is 0 Å². The van der Waals surface area contributed by atoms with Crippen LogP contribution in [-0.2, 0) is 16.0 Å². The number of cyclic esters (lactones) is 1. The SMILES string of the molecule is N[C@H](C(=O)N1C(=O)OC[C@@H]1Cc1ccccc1)[C@H](O)c1ccc2c(c1)OCCO2. The van der Waals surface area contributed by atoms with Crippen LogP contribution in [0.15, 0.2) is 48.5 Å². The van der Waals surface area contributed by atoms with Gasteiger partial charge in [0.1, 0.15) is 32.0 Å². The van der Waals surface area contributed by atoms with Gasteiger partial charge in [-0.2, -0.15) is 0 Å². The molecule has 2 amide bonds. The minimum absolute atomic E-state index is 0.0896. The van der Waals surface area contributed by atoms with E-state index in [1.54, 1.807) is 18.2 Å². The maximum Gasteiger partial charge on any atom is 0.417 e. The van der Waals surface area contributed by atoms with Gasteiger partial charge in [-0.15, -0.1) is 0 Å². The van der Waals surface area contributed by atoms with Crippen LogP contribution in [0.4, 0.5) is 4.79 Å². The number of fused-ring (bicyclic) bond motifs is 1. The molecule has 2 aromatic rings. The lowest BCUT2D eigenvalue weighted by atomic mass is 9.99. The van der Waals surface area contributed by atoms with Crippen molar-refractivity contribution in [2.75, 3.05) is 19.8 Å². The lowest BCUT2D eigenvalue weighted by Crippen LogP contribution is -2.51. The van der Waals surface area contributed by atoms with E-state index in [0.29, 0.717) is 36.7 Å². The van der Waals surface area contributed by atoms with Crippen LogP contribution in [0.5, 0.6) is 11.5 Å². The van der Waals surface area contributed by atoms with Crippen LogP contribution in [-0.4, -0.2) is 53.9 Å². The van der Waals surface area contributed by atoms with Gasteiger partial charge < -0.3 is 25.1 Å². The van der Waals surface area contributed by atoms with Crippen molar-refractivity contribution < 1.29 is 28.9 Å². The van der Waals surface area contributed by atoms with Gasteiger partial charge in [0, 0.05) is 0 Å². The first-order chi connectivity index (χ1) is 14.0. The Labute approximate surface area is 167 Å². The summed E-state index contributed by atoms with van der Waals surface area (Å²) in [6.07, 6.45) is -1.62. The molecule has 0 radical (unpaired) electrons. The molecular weight excluding hydrogens is 376 g/mol. The smallest absolute Gasteiger partial charge is 0.417 e. The Balaban J connectivity index is 1.50. The Bertz CT molecular complexity index is 903. The number of amides is 2. The van der Waals surface area contributed by atoms with Crippen molar-refractivity contribution in [2.24, 2.45) is 5.73 Å². The van der Waals surface area contributed by atoms with E-state index in [1.165, 1.54) is 0 Å². The number of carbonyl (C=O) groups is 2. The van der Waals surface area contributed by atoms with Crippen LogP contribution >= 0.6 is 0 Å². The van der Waals surface area contributed by atoms with Gasteiger partial charge in [0.15, 0.2) is 11.5 Å². The Morgan fingerprint density at radius 3 is 2.59 bits per heavy atom. The molecule has 2 aromatic carbocycles. The predicted octanol–water partition coefficient (Wildman–Crippen LogP) is 1.41. The summed E-state index contributed by atoms with van der Waals surface area (Å²) in [5.74, 6) is 0.365. The number of carbonyl (C=O) groups excluding carboxylic acids is 2. The third-order valence-electron chi connectivity index (χ3n) is 5.05. The van der Waals surface area contributed by atoms with Crippen molar-refractivity contribution in [2.45, 2.75) is 24.6 Å². The van der Waals surface area contributed by atoms with Crippen LogP contribution in [0.3, 0.4) is 0 Å². The summed E-state index contributed by atoms with van der Waals surface area (Å²) in [5.41, 5.74) is 7.42. The zero-order valence-corrected chi connectivity index (χ0v) is 15.7. The average Bonchev–Trinajstić information content (AvgIpc) is 3.12. The highest BCUT2D eigenvalue weighted by molar-refractivity contribution is 5.96. The highest BCUT2D eigenvalue weighted by Crippen LogP contribution is 2.33. The van der Waals surface area contributed by atoms with E-state index in [-0.39, 0.29) is 6.61 Å². The lowest BCUT2D eigenvalue weighted by Gasteiger charge is -2.26. The molecule has 0 unspecified atom stereocenters. The standard InChI is InChI=1S/C21H22N2O6/c22-18(19(24)14-6-7-16-17(11-14)28-9-8-27-16)20(25)23-15(12-29-21(23)26)10-13-4-2-1-3-5-13/h1-7,11,15,18-19,24H,8-10,12,22H2/t15-,18-,19+/m0/s1. The molecule has 1 saturated heterocycles. The number of nitrogens with two attached hydrogens (primary N) is 1. The number of aliphatic hydroxyl groups excluding tert-OH is 1. The second kappa shape index (κ2) is 8.10. The van der Waals surface area contributed by atoms with Gasteiger partial charge in [-0.25, -0.2) is 9.69 Å². The van der Waals surface area contributed by atoms with Crippen LogP contribution in [0, 0.1) is 0 Å². The average molecular weight is 398 g/mol. The summed E-state index contributed by atoms with van der Waals surface area (Å²) >= 11 is 0. The maximum absolute atomic E-state index is 12.9. The minimum atomic E-state index is -1.33. The monoisotopic (exact) mass is 398 g/mol. The number of nitrogens with zero attached hydrogens (tertiary/aromatic N) is 1. The quantitative estimate of drug-likeness (QED) is 0.783. The van der Waals surface area contributed by atoms with Gasteiger partial charge >= 0.3 is 6.09 Å². The second-order valence-electron chi connectivity index (χ2n) is 7.00. The number of aliphatic hydroxyl groups is 1. The number of rotatable bonds is 5. The van der Waals surface area contributed by atoms with Crippen molar-refractivity contribution >= 4 is 12.0 Å². The number of imide groups is 1. The molecule has 0 spiro atoms. The summed E-state index contributed by atoms with van der Waals surface area (Å²) < 4.78 is 16.0. The normalized spacial score (nSPS) is 20.1. The molecule has 8 nitrogen and oxygen atoms in total. The Hall–Kier alpha value is -3.10. The first kappa shape index (κ1) is 19.2. The van der Waals surface area contributed by atoms with E-state index in [1.807, 2.05) is 30.3 Å². The summed E-state index contributed by atoms with van der Waals surface area (Å²) in [6, 6.07) is 12.6. The highest BCUT2D eigenvalue weighted by atomic mass is 16.6. The van der Waals surface area contributed by atoms with Crippen LogP contribution in [0.1, 0.15) is 17.2 Å². The number of ether oxygens (including phenoxy) is 3. The molecule has 29 heavy (non-hydrogen) atoms. The van der Waals surface area contributed by atoms with Crippen LogP contribution in [0.2, 0.25) is 0 Å². The van der Waals surface area contributed by atoms with Crippen molar-refractivity contribution in [3.05, 3.63) is 59.7 Å². The van der Waals surface area contributed by atoms with Gasteiger partial charge in [0.05, 0.1) is 6.04 Å². The Morgan fingerprint density at radius 2 is 1.83 bits per heavy atom. The van der Waals surface area contributed by atoms with Gasteiger partial charge in [-0.05, 0) is 29.7 Å². The molecule has 2 aliphatic rings. The van der Waals surface area contributed by atoms with Crippen molar-refractivity contribution in [1.82, 2.24) is 4.90 Å². The minimum Gasteiger partial charge on any atom is -0.486 e. The van der Waals surface area contributed by atoms with Gasteiger partial charge in [0.25, 0.3) is 5.91 Å². The van der Waals surface area contributed by atoms with E-state index < -0.39 is 30.2 Å². The molecule has 0 aliphatic carbocycles. The van der Waals surface area contributed by atoms with Crippen LogP contribution < -0.4 is 15.2 Å². The fraction of sp³-hybridized carbons (Fsp3) is 0.333. The zero-order valence-electron chi connectivity index (χ0n) is 15.7. The molecule has 0 saturated carbocycles. The molecule has 0 bridgehead atoms. The van der Waals surface area contributed by atoms with Gasteiger partial charge in [0.2, 0.25) is 0 Å². The van der Waals surface area contributed by atoms with E-state index >= 15 is 0 Å². The third-order valence-corrected chi connectivity index (χ3v) is 5.05. The largest absolute Gasteiger partial charge is 0.486 e. The summed E-state index contributed by atoms with van der Waals surface area (Å²) in [7, 11) is 0. The molecule has 4 rings (SSSR count). The van der Waals surface area contributed by atoms with E-state index in [0.717, 1.165) is 10.5 Å². The fourth-order valence-corrected chi connectivity index (χ4v) is 3.51. The molecule has 152 valence electrons. The van der Waals surface area contributed by atoms with Crippen molar-refractivity contribution in [3.63, 3.8) is 0 Å². The first-order valence-electron chi connectivity index (χ1n) is 9.41. The molecule has 3 N–H and O–H groups in total. The first-order valence-corrected chi connectivity index (χ1v) is 9.41. The summed E-state index contributed by atoms with van der Waals surface area (Å²) in [6.45, 7) is 0.942. The van der Waals surface area contributed by atoms with Crippen molar-refractivity contribution in [3.8, 4) is 11.5 Å². The highest BCUT2D eigenvalue weighted by Gasteiger charge is 2.42. The zero-order chi connectivity index (χ0) is 20.4. The Kier molecular flexibility index (Phi) is 5.37.